The Morgan fingerprint density at radius 2 is 1.95 bits per heavy atom. The summed E-state index contributed by atoms with van der Waals surface area (Å²) in [6.45, 7) is 5.33. The predicted molar refractivity (Wildman–Crippen MR) is 72.6 cm³/mol. The zero-order chi connectivity index (χ0) is 14.6. The molecule has 5 heteroatoms. The number of rotatable bonds is 4. The van der Waals surface area contributed by atoms with Gasteiger partial charge >= 0.3 is 11.9 Å². The van der Waals surface area contributed by atoms with Gasteiger partial charge in [-0.3, -0.25) is 4.79 Å². The summed E-state index contributed by atoms with van der Waals surface area (Å²) >= 11 is 6.02. The van der Waals surface area contributed by atoms with Crippen LogP contribution < -0.4 is 0 Å². The van der Waals surface area contributed by atoms with E-state index in [4.69, 9.17) is 21.4 Å². The number of aliphatic carboxylic acids is 1. The number of hydrogen-bond donors (Lipinski definition) is 1. The van der Waals surface area contributed by atoms with Crippen LogP contribution in [-0.4, -0.2) is 22.6 Å². The standard InChI is InChI=1S/C14H17ClO4/c1-14(2,3)19-13(18)10-6-4-9(8-11(10)15)5-7-12(16)17/h4,6,8H,5,7H2,1-3H3,(H,16,17). The van der Waals surface area contributed by atoms with E-state index in [1.807, 2.05) is 0 Å². The zero-order valence-electron chi connectivity index (χ0n) is 11.2. The molecule has 1 aromatic rings. The lowest BCUT2D eigenvalue weighted by molar-refractivity contribution is -0.136. The average molecular weight is 285 g/mol. The van der Waals surface area contributed by atoms with E-state index < -0.39 is 17.5 Å². The highest BCUT2D eigenvalue weighted by Crippen LogP contribution is 2.22. The summed E-state index contributed by atoms with van der Waals surface area (Å²) < 4.78 is 5.23. The van der Waals surface area contributed by atoms with Crippen molar-refractivity contribution in [1.82, 2.24) is 0 Å². The molecule has 0 aliphatic heterocycles. The Labute approximate surface area is 117 Å². The van der Waals surface area contributed by atoms with Crippen molar-refractivity contribution in [3.05, 3.63) is 34.3 Å². The number of benzene rings is 1. The molecule has 0 unspecified atom stereocenters. The summed E-state index contributed by atoms with van der Waals surface area (Å²) in [5.74, 6) is -1.35. The maximum absolute atomic E-state index is 11.9. The third-order valence-electron chi connectivity index (χ3n) is 2.28. The van der Waals surface area contributed by atoms with Crippen LogP contribution in [-0.2, 0) is 16.0 Å². The quantitative estimate of drug-likeness (QED) is 0.862. The molecule has 104 valence electrons. The van der Waals surface area contributed by atoms with Gasteiger partial charge in [0.15, 0.2) is 0 Å². The van der Waals surface area contributed by atoms with Crippen LogP contribution in [0.15, 0.2) is 18.2 Å². The number of aryl methyl sites for hydroxylation is 1. The van der Waals surface area contributed by atoms with Crippen LogP contribution in [0.25, 0.3) is 0 Å². The number of carboxylic acid groups (broad SMARTS) is 1. The first-order valence-electron chi connectivity index (χ1n) is 5.92. The van der Waals surface area contributed by atoms with E-state index >= 15 is 0 Å². The van der Waals surface area contributed by atoms with Crippen LogP contribution >= 0.6 is 11.6 Å². The third-order valence-corrected chi connectivity index (χ3v) is 2.59. The number of halogens is 1. The van der Waals surface area contributed by atoms with E-state index in [0.29, 0.717) is 6.42 Å². The van der Waals surface area contributed by atoms with Gasteiger partial charge in [0.05, 0.1) is 10.6 Å². The Bertz CT molecular complexity index is 489. The van der Waals surface area contributed by atoms with Crippen molar-refractivity contribution in [3.8, 4) is 0 Å². The Hall–Kier alpha value is -1.55. The maximum atomic E-state index is 11.9. The highest BCUT2D eigenvalue weighted by molar-refractivity contribution is 6.33. The molecule has 0 spiro atoms. The van der Waals surface area contributed by atoms with Crippen LogP contribution in [0.3, 0.4) is 0 Å². The molecule has 0 radical (unpaired) electrons. The summed E-state index contributed by atoms with van der Waals surface area (Å²) in [7, 11) is 0. The minimum atomic E-state index is -0.868. The monoisotopic (exact) mass is 284 g/mol. The van der Waals surface area contributed by atoms with Crippen LogP contribution in [0.2, 0.25) is 5.02 Å². The number of ether oxygens (including phenoxy) is 1. The molecule has 0 bridgehead atoms. The first-order valence-corrected chi connectivity index (χ1v) is 6.30. The molecular weight excluding hydrogens is 268 g/mol. The molecule has 0 amide bonds. The van der Waals surface area contributed by atoms with E-state index in [1.165, 1.54) is 0 Å². The van der Waals surface area contributed by atoms with E-state index in [2.05, 4.69) is 0 Å². The van der Waals surface area contributed by atoms with Crippen molar-refractivity contribution < 1.29 is 19.4 Å². The maximum Gasteiger partial charge on any atom is 0.340 e. The van der Waals surface area contributed by atoms with Crippen LogP contribution in [0.1, 0.15) is 43.1 Å². The smallest absolute Gasteiger partial charge is 0.340 e. The fraction of sp³-hybridized carbons (Fsp3) is 0.429. The molecule has 0 aromatic heterocycles. The van der Waals surface area contributed by atoms with Gasteiger partial charge in [-0.15, -0.1) is 0 Å². The highest BCUT2D eigenvalue weighted by Gasteiger charge is 2.20. The number of esters is 1. The highest BCUT2D eigenvalue weighted by atomic mass is 35.5. The zero-order valence-corrected chi connectivity index (χ0v) is 12.0. The van der Waals surface area contributed by atoms with Crippen molar-refractivity contribution in [3.63, 3.8) is 0 Å². The van der Waals surface area contributed by atoms with E-state index in [-0.39, 0.29) is 17.0 Å². The SMILES string of the molecule is CC(C)(C)OC(=O)c1ccc(CCC(=O)O)cc1Cl. The predicted octanol–water partition coefficient (Wildman–Crippen LogP) is 3.31. The average Bonchev–Trinajstić information content (AvgIpc) is 2.23. The Balaban J connectivity index is 2.82. The van der Waals surface area contributed by atoms with Gasteiger partial charge in [-0.1, -0.05) is 17.7 Å². The number of carbonyl (C=O) groups is 2. The lowest BCUT2D eigenvalue weighted by Crippen LogP contribution is -2.24. The van der Waals surface area contributed by atoms with Crippen LogP contribution in [0, 0.1) is 0 Å². The summed E-state index contributed by atoms with van der Waals surface area (Å²) in [6, 6.07) is 4.85. The van der Waals surface area contributed by atoms with Gasteiger partial charge in [0.25, 0.3) is 0 Å². The molecule has 1 N–H and O–H groups in total. The van der Waals surface area contributed by atoms with Gasteiger partial charge in [-0.25, -0.2) is 4.79 Å². The molecule has 1 rings (SSSR count). The van der Waals surface area contributed by atoms with Crippen molar-refractivity contribution >= 4 is 23.5 Å². The Morgan fingerprint density at radius 3 is 2.42 bits per heavy atom. The van der Waals surface area contributed by atoms with E-state index in [1.54, 1.807) is 39.0 Å². The molecule has 0 aliphatic rings. The van der Waals surface area contributed by atoms with Gasteiger partial charge in [-0.05, 0) is 44.9 Å². The lowest BCUT2D eigenvalue weighted by Gasteiger charge is -2.20. The Kier molecular flexibility index (Phi) is 4.95. The van der Waals surface area contributed by atoms with Crippen LogP contribution in [0.4, 0.5) is 0 Å². The topological polar surface area (TPSA) is 63.6 Å². The summed E-state index contributed by atoms with van der Waals surface area (Å²) in [6.07, 6.45) is 0.408. The fourth-order valence-corrected chi connectivity index (χ4v) is 1.74. The number of carboxylic acids is 1. The molecule has 0 fully saturated rings. The minimum absolute atomic E-state index is 0.0299. The first kappa shape index (κ1) is 15.5. The second-order valence-corrected chi connectivity index (χ2v) is 5.62. The molecule has 4 nitrogen and oxygen atoms in total. The normalized spacial score (nSPS) is 11.2. The first-order chi connectivity index (χ1) is 8.69. The molecule has 0 atom stereocenters. The molecule has 0 heterocycles. The minimum Gasteiger partial charge on any atom is -0.481 e. The lowest BCUT2D eigenvalue weighted by atomic mass is 10.1. The molecule has 0 saturated heterocycles. The van der Waals surface area contributed by atoms with Crippen molar-refractivity contribution in [2.24, 2.45) is 0 Å². The molecule has 0 saturated carbocycles. The van der Waals surface area contributed by atoms with Gasteiger partial charge in [-0.2, -0.15) is 0 Å². The van der Waals surface area contributed by atoms with Crippen LogP contribution in [0.5, 0.6) is 0 Å². The fourth-order valence-electron chi connectivity index (χ4n) is 1.46. The molecule has 1 aromatic carbocycles. The summed E-state index contributed by atoms with van der Waals surface area (Å²) in [5, 5.41) is 8.88. The molecule has 19 heavy (non-hydrogen) atoms. The summed E-state index contributed by atoms with van der Waals surface area (Å²) in [4.78, 5) is 22.3. The van der Waals surface area contributed by atoms with E-state index in [9.17, 15) is 9.59 Å². The Morgan fingerprint density at radius 1 is 1.32 bits per heavy atom. The number of carbonyl (C=O) groups excluding carboxylic acids is 1. The van der Waals surface area contributed by atoms with Crippen molar-refractivity contribution in [2.75, 3.05) is 0 Å². The number of hydrogen-bond acceptors (Lipinski definition) is 3. The van der Waals surface area contributed by atoms with Gasteiger partial charge in [0.2, 0.25) is 0 Å². The van der Waals surface area contributed by atoms with Gasteiger partial charge in [0.1, 0.15) is 5.60 Å². The summed E-state index contributed by atoms with van der Waals surface area (Å²) in [5.41, 5.74) is 0.484. The van der Waals surface area contributed by atoms with Crippen molar-refractivity contribution in [1.29, 1.82) is 0 Å². The van der Waals surface area contributed by atoms with Gasteiger partial charge < -0.3 is 9.84 Å². The molecule has 0 aliphatic carbocycles. The molecular formula is C14H17ClO4. The van der Waals surface area contributed by atoms with Gasteiger partial charge in [0, 0.05) is 6.42 Å². The van der Waals surface area contributed by atoms with Crippen molar-refractivity contribution in [2.45, 2.75) is 39.2 Å². The largest absolute Gasteiger partial charge is 0.481 e. The second-order valence-electron chi connectivity index (χ2n) is 5.21. The second kappa shape index (κ2) is 6.06. The van der Waals surface area contributed by atoms with E-state index in [0.717, 1.165) is 5.56 Å². The third kappa shape index (κ3) is 5.30.